The molecular formula is C116H77N3. The van der Waals surface area contributed by atoms with Crippen LogP contribution in [0.3, 0.4) is 0 Å². The van der Waals surface area contributed by atoms with E-state index in [1.54, 1.807) is 0 Å². The van der Waals surface area contributed by atoms with Crippen LogP contribution in [-0.2, 0) is 10.8 Å². The maximum absolute atomic E-state index is 2.45. The first-order chi connectivity index (χ1) is 59.1. The van der Waals surface area contributed by atoms with Gasteiger partial charge < -0.3 is 14.4 Å². The molecule has 556 valence electrons. The third-order valence-electron chi connectivity index (χ3n) is 25.6. The minimum atomic E-state index is -0.482. The summed E-state index contributed by atoms with van der Waals surface area (Å²) in [5, 5.41) is 15.0. The molecule has 0 aliphatic heterocycles. The molecule has 1 aromatic heterocycles. The van der Waals surface area contributed by atoms with E-state index in [9.17, 15) is 0 Å². The lowest BCUT2D eigenvalue weighted by molar-refractivity contribution is 0.768. The number of benzene rings is 21. The van der Waals surface area contributed by atoms with Gasteiger partial charge in [0.2, 0.25) is 0 Å². The van der Waals surface area contributed by atoms with Crippen molar-refractivity contribution in [3.8, 4) is 50.2 Å². The highest BCUT2D eigenvalue weighted by Gasteiger charge is 2.48. The van der Waals surface area contributed by atoms with E-state index in [0.29, 0.717) is 0 Å². The van der Waals surface area contributed by atoms with Crippen molar-refractivity contribution in [1.82, 2.24) is 4.57 Å². The molecule has 0 amide bonds. The smallest absolute Gasteiger partial charge is 0.0713 e. The second-order valence-electron chi connectivity index (χ2n) is 31.6. The molecule has 0 saturated carbocycles. The first kappa shape index (κ1) is 69.1. The van der Waals surface area contributed by atoms with E-state index in [-0.39, 0.29) is 0 Å². The number of anilines is 6. The Morgan fingerprint density at radius 3 is 0.832 bits per heavy atom. The molecule has 0 N–H and O–H groups in total. The molecular weight excluding hydrogens is 1440 g/mol. The number of fused-ring (bicyclic) bond motifs is 11. The minimum absolute atomic E-state index is 0.482. The lowest BCUT2D eigenvalue weighted by Gasteiger charge is -2.34. The minimum Gasteiger partial charge on any atom is -0.310 e. The van der Waals surface area contributed by atoms with Gasteiger partial charge in [-0.3, -0.25) is 0 Å². The topological polar surface area (TPSA) is 11.4 Å². The van der Waals surface area contributed by atoms with Crippen LogP contribution in [-0.4, -0.2) is 4.57 Å². The van der Waals surface area contributed by atoms with Crippen LogP contribution in [0.4, 0.5) is 34.1 Å². The highest BCUT2D eigenvalue weighted by atomic mass is 15.2. The van der Waals surface area contributed by atoms with Gasteiger partial charge in [-0.15, -0.1) is 0 Å². The lowest BCUT2D eigenvalue weighted by atomic mass is 9.68. The van der Waals surface area contributed by atoms with Gasteiger partial charge >= 0.3 is 0 Å². The van der Waals surface area contributed by atoms with E-state index in [1.807, 2.05) is 0 Å². The number of rotatable bonds is 13. The van der Waals surface area contributed by atoms with Gasteiger partial charge in [-0.05, 0) is 217 Å². The van der Waals surface area contributed by atoms with E-state index in [0.717, 1.165) is 34.1 Å². The van der Waals surface area contributed by atoms with Crippen LogP contribution in [0, 0.1) is 0 Å². The predicted molar refractivity (Wildman–Crippen MR) is 501 cm³/mol. The SMILES string of the molecule is c1ccc(-c2c3ccccc3c(-c3ccc(-n4c5ccccc5c5ccccc54)cc3)c3ccccc23)cc1.c1ccc(N(c2ccc(C3(c4ccccc4)c4ccccc4-c4ccccc43)cc2)c2ccc3ccc4c(N(c5ccccc5)c5ccc(C6(c7ccccc7)c7ccccc7-c7ccccc76)cc5)ccc5ccc2c3c54)cc1. The molecule has 3 nitrogen and oxygen atoms in total. The Hall–Kier alpha value is -15.4. The fourth-order valence-electron chi connectivity index (χ4n) is 20.6. The van der Waals surface area contributed by atoms with Crippen LogP contribution in [0.15, 0.2) is 467 Å². The van der Waals surface area contributed by atoms with Crippen molar-refractivity contribution in [3.05, 3.63) is 512 Å². The Morgan fingerprint density at radius 2 is 0.462 bits per heavy atom. The number of hydrogen-bond donors (Lipinski definition) is 0. The van der Waals surface area contributed by atoms with Crippen molar-refractivity contribution in [1.29, 1.82) is 0 Å². The second kappa shape index (κ2) is 28.2. The second-order valence-corrected chi connectivity index (χ2v) is 31.6. The summed E-state index contributed by atoms with van der Waals surface area (Å²) in [6.07, 6.45) is 0. The van der Waals surface area contributed by atoms with Crippen LogP contribution in [0.1, 0.15) is 44.5 Å². The summed E-state index contributed by atoms with van der Waals surface area (Å²) in [6, 6.07) is 172. The Bertz CT molecular complexity index is 7130. The molecule has 24 rings (SSSR count). The molecule has 2 aliphatic carbocycles. The molecule has 2 aliphatic rings. The molecule has 21 aromatic carbocycles. The van der Waals surface area contributed by atoms with Gasteiger partial charge in [0, 0.05) is 50.0 Å². The first-order valence-corrected chi connectivity index (χ1v) is 41.3. The summed E-state index contributed by atoms with van der Waals surface area (Å²) in [5.41, 5.74) is 29.8. The van der Waals surface area contributed by atoms with Gasteiger partial charge in [0.25, 0.3) is 0 Å². The van der Waals surface area contributed by atoms with Crippen molar-refractivity contribution in [2.24, 2.45) is 0 Å². The third kappa shape index (κ3) is 10.8. The normalized spacial score (nSPS) is 12.8. The van der Waals surface area contributed by atoms with Gasteiger partial charge in [-0.25, -0.2) is 0 Å². The fraction of sp³-hybridized carbons (Fsp3) is 0.0172. The van der Waals surface area contributed by atoms with Crippen molar-refractivity contribution in [3.63, 3.8) is 0 Å². The third-order valence-corrected chi connectivity index (χ3v) is 25.6. The van der Waals surface area contributed by atoms with E-state index in [1.165, 1.54) is 170 Å². The predicted octanol–water partition coefficient (Wildman–Crippen LogP) is 30.7. The maximum Gasteiger partial charge on any atom is 0.0713 e. The molecule has 0 saturated heterocycles. The summed E-state index contributed by atoms with van der Waals surface area (Å²) >= 11 is 0. The largest absolute Gasteiger partial charge is 0.310 e. The maximum atomic E-state index is 2.45. The van der Waals surface area contributed by atoms with Gasteiger partial charge in [-0.1, -0.05) is 382 Å². The van der Waals surface area contributed by atoms with Crippen molar-refractivity contribution in [2.75, 3.05) is 9.80 Å². The zero-order valence-electron chi connectivity index (χ0n) is 65.3. The monoisotopic (exact) mass is 1510 g/mol. The highest BCUT2D eigenvalue weighted by Crippen LogP contribution is 2.59. The van der Waals surface area contributed by atoms with Gasteiger partial charge in [0.05, 0.1) is 33.2 Å². The molecule has 0 radical (unpaired) electrons. The molecule has 0 bridgehead atoms. The molecule has 0 spiro atoms. The van der Waals surface area contributed by atoms with E-state index in [2.05, 4.69) is 481 Å². The van der Waals surface area contributed by atoms with Crippen LogP contribution in [0.2, 0.25) is 0 Å². The summed E-state index contributed by atoms with van der Waals surface area (Å²) in [7, 11) is 0. The van der Waals surface area contributed by atoms with Crippen LogP contribution < -0.4 is 9.80 Å². The zero-order valence-corrected chi connectivity index (χ0v) is 65.3. The quantitative estimate of drug-likeness (QED) is 0.0842. The summed E-state index contributed by atoms with van der Waals surface area (Å²) < 4.78 is 2.38. The molecule has 0 unspecified atom stereocenters. The molecule has 22 aromatic rings. The Morgan fingerprint density at radius 1 is 0.185 bits per heavy atom. The van der Waals surface area contributed by atoms with E-state index in [4.69, 9.17) is 0 Å². The standard InChI is InChI=1S/C78H52N2.C38H25N/c1-5-21-55(22-6-1)77(69-33-17-13-29-63(69)64-30-14-18-34-70(64)77)57-41-45-61(46-42-57)79(59-25-9-3-10-26-59)73-51-39-53-38-50-68-74(52-40-54-37-49-67(73)75(53)76(54)68)80(60-27-11-4-12-28-60)62-47-43-58(44-48-62)78(56-23-7-2-8-24-56)71-35-19-15-31-65(71)66-32-16-20-36-72(66)78;1-2-12-26(13-3-1)37-31-16-4-6-18-33(31)38(34-19-7-5-17-32(34)37)27-22-24-28(25-23-27)39-35-20-10-8-14-29(35)30-15-9-11-21-36(30)39/h1-52H;1-25H. The van der Waals surface area contributed by atoms with Crippen molar-refractivity contribution in [2.45, 2.75) is 10.8 Å². The lowest BCUT2D eigenvalue weighted by Crippen LogP contribution is -2.28. The number of hydrogen-bond acceptors (Lipinski definition) is 2. The molecule has 0 atom stereocenters. The summed E-state index contributed by atoms with van der Waals surface area (Å²) in [6.45, 7) is 0. The molecule has 1 heterocycles. The fourth-order valence-corrected chi connectivity index (χ4v) is 20.6. The van der Waals surface area contributed by atoms with Crippen molar-refractivity contribution < 1.29 is 0 Å². The van der Waals surface area contributed by atoms with Crippen LogP contribution in [0.5, 0.6) is 0 Å². The number of aromatic nitrogens is 1. The van der Waals surface area contributed by atoms with Gasteiger partial charge in [-0.2, -0.15) is 0 Å². The zero-order chi connectivity index (χ0) is 78.5. The first-order valence-electron chi connectivity index (χ1n) is 41.3. The Kier molecular flexibility index (Phi) is 16.4. The summed E-state index contributed by atoms with van der Waals surface area (Å²) in [4.78, 5) is 4.90. The molecule has 0 fully saturated rings. The Labute approximate surface area is 692 Å². The van der Waals surface area contributed by atoms with Crippen LogP contribution >= 0.6 is 0 Å². The number of nitrogens with zero attached hydrogens (tertiary/aromatic N) is 3. The average molecular weight is 1510 g/mol. The highest BCUT2D eigenvalue weighted by molar-refractivity contribution is 6.28. The Balaban J connectivity index is 0.000000177. The van der Waals surface area contributed by atoms with Crippen LogP contribution in [0.25, 0.3) is 126 Å². The van der Waals surface area contributed by atoms with Gasteiger partial charge in [0.1, 0.15) is 0 Å². The van der Waals surface area contributed by atoms with Gasteiger partial charge in [0.15, 0.2) is 0 Å². The number of para-hydroxylation sites is 4. The van der Waals surface area contributed by atoms with E-state index < -0.39 is 10.8 Å². The average Bonchev–Trinajstić information content (AvgIpc) is 1.57. The molecule has 3 heteroatoms. The molecule has 119 heavy (non-hydrogen) atoms. The summed E-state index contributed by atoms with van der Waals surface area (Å²) in [5.74, 6) is 0. The van der Waals surface area contributed by atoms with E-state index >= 15 is 0 Å². The van der Waals surface area contributed by atoms with Crippen molar-refractivity contribution >= 4 is 110 Å².